The van der Waals surface area contributed by atoms with Gasteiger partial charge in [0, 0.05) is 61.1 Å². The van der Waals surface area contributed by atoms with Gasteiger partial charge in [0.15, 0.2) is 0 Å². The third kappa shape index (κ3) is 4.53. The SMILES string of the molecule is CB1C2=C(c3cc4c(cc3Nc3ccccc3)C(C)(C)c3ccccc3S4)c3ccccc3C=C(C2)N2c3ccccc3C(C)(C)c3cccc1c32. The summed E-state index contributed by atoms with van der Waals surface area (Å²) in [5.41, 5.74) is 19.5. The molecular weight excluding hydrogens is 647 g/mol. The van der Waals surface area contributed by atoms with Gasteiger partial charge in [0.1, 0.15) is 0 Å². The average molecular weight is 689 g/mol. The molecule has 0 saturated heterocycles. The number of nitrogens with zero attached hydrogens (tertiary/aromatic N) is 1. The Labute approximate surface area is 312 Å². The lowest BCUT2D eigenvalue weighted by atomic mass is 9.39. The quantitative estimate of drug-likeness (QED) is 0.186. The fourth-order valence-corrected chi connectivity index (χ4v) is 10.9. The molecule has 0 saturated carbocycles. The van der Waals surface area contributed by atoms with Crippen LogP contribution < -0.4 is 15.7 Å². The van der Waals surface area contributed by atoms with Crippen LogP contribution in [0, 0.1) is 0 Å². The van der Waals surface area contributed by atoms with Gasteiger partial charge in [-0.3, -0.25) is 0 Å². The minimum atomic E-state index is -0.141. The van der Waals surface area contributed by atoms with Gasteiger partial charge in [-0.2, -0.15) is 0 Å². The van der Waals surface area contributed by atoms with Gasteiger partial charge >= 0.3 is 0 Å². The van der Waals surface area contributed by atoms with Crippen LogP contribution in [0.15, 0.2) is 154 Å². The van der Waals surface area contributed by atoms with E-state index in [1.54, 1.807) is 0 Å². The second kappa shape index (κ2) is 11.4. The van der Waals surface area contributed by atoms with E-state index in [0.29, 0.717) is 0 Å². The molecule has 0 radical (unpaired) electrons. The largest absolute Gasteiger partial charge is 0.355 e. The molecule has 0 amide bonds. The van der Waals surface area contributed by atoms with Gasteiger partial charge < -0.3 is 10.2 Å². The Balaban J connectivity index is 1.28. The smallest absolute Gasteiger partial charge is 0.205 e. The lowest BCUT2D eigenvalue weighted by molar-refractivity contribution is 0.607. The Bertz CT molecular complexity index is 2520. The Morgan fingerprint density at radius 1 is 0.635 bits per heavy atom. The zero-order valence-corrected chi connectivity index (χ0v) is 31.2. The number of rotatable bonds is 3. The van der Waals surface area contributed by atoms with Crippen molar-refractivity contribution < 1.29 is 0 Å². The van der Waals surface area contributed by atoms with Crippen LogP contribution >= 0.6 is 11.8 Å². The van der Waals surface area contributed by atoms with Gasteiger partial charge in [0.2, 0.25) is 6.71 Å². The predicted octanol–water partition coefficient (Wildman–Crippen LogP) is 12.1. The highest BCUT2D eigenvalue weighted by molar-refractivity contribution is 7.99. The molecule has 4 aliphatic rings. The van der Waals surface area contributed by atoms with Crippen LogP contribution in [0.2, 0.25) is 6.82 Å². The van der Waals surface area contributed by atoms with E-state index in [0.717, 1.165) is 17.8 Å². The summed E-state index contributed by atoms with van der Waals surface area (Å²) < 4.78 is 0. The maximum Gasteiger partial charge on any atom is 0.205 e. The molecule has 52 heavy (non-hydrogen) atoms. The van der Waals surface area contributed by atoms with Gasteiger partial charge in [0.25, 0.3) is 0 Å². The summed E-state index contributed by atoms with van der Waals surface area (Å²) in [7, 11) is 0. The highest BCUT2D eigenvalue weighted by atomic mass is 32.2. The Morgan fingerprint density at radius 3 is 2.17 bits per heavy atom. The molecule has 2 nitrogen and oxygen atoms in total. The maximum absolute atomic E-state index is 3.95. The summed E-state index contributed by atoms with van der Waals surface area (Å²) in [6, 6.07) is 49.8. The summed E-state index contributed by atoms with van der Waals surface area (Å²) in [4.78, 5) is 5.29. The molecule has 1 aliphatic carbocycles. The maximum atomic E-state index is 3.95. The number of hydrogen-bond acceptors (Lipinski definition) is 3. The first-order valence-corrected chi connectivity index (χ1v) is 19.4. The standard InChI is InChI=1S/C48H41BN2S/c1-47(2)35-20-11-13-24-42(35)51-32-26-30-16-9-10-19-33(30)45(40(27-32)49(5)39-23-15-22-37(47)46(39)51)34-28-44-38(29-41(34)50-31-17-7-6-8-18-31)48(3,4)36-21-12-14-25-43(36)52-44/h6-26,28-29,50H,27H2,1-5H3. The first-order chi connectivity index (χ1) is 25.2. The Morgan fingerprint density at radius 2 is 1.33 bits per heavy atom. The van der Waals surface area contributed by atoms with Crippen molar-refractivity contribution in [3.8, 4) is 0 Å². The minimum Gasteiger partial charge on any atom is -0.355 e. The van der Waals surface area contributed by atoms with Crippen LogP contribution in [0.3, 0.4) is 0 Å². The fraction of sp³-hybridized carbons (Fsp3) is 0.167. The van der Waals surface area contributed by atoms with Crippen LogP contribution in [-0.2, 0) is 10.8 Å². The van der Waals surface area contributed by atoms with Crippen molar-refractivity contribution in [3.63, 3.8) is 0 Å². The third-order valence-electron chi connectivity index (χ3n) is 12.2. The molecule has 3 aliphatic heterocycles. The number of para-hydroxylation sites is 3. The van der Waals surface area contributed by atoms with Gasteiger partial charge in [-0.15, -0.1) is 0 Å². The number of nitrogens with one attached hydrogen (secondary N) is 1. The second-order valence-corrected chi connectivity index (χ2v) is 16.9. The molecule has 252 valence electrons. The summed E-state index contributed by atoms with van der Waals surface area (Å²) in [5, 5.41) is 3.95. The fourth-order valence-electron chi connectivity index (χ4n) is 9.46. The number of fused-ring (bicyclic) bond motifs is 8. The van der Waals surface area contributed by atoms with E-state index in [1.807, 2.05) is 11.8 Å². The van der Waals surface area contributed by atoms with E-state index in [1.165, 1.54) is 82.3 Å². The molecule has 0 fully saturated rings. The van der Waals surface area contributed by atoms with Crippen LogP contribution in [0.25, 0.3) is 11.6 Å². The van der Waals surface area contributed by atoms with Crippen molar-refractivity contribution in [2.24, 2.45) is 0 Å². The van der Waals surface area contributed by atoms with Crippen LogP contribution in [-0.4, -0.2) is 6.71 Å². The summed E-state index contributed by atoms with van der Waals surface area (Å²) in [5.74, 6) is 0. The number of anilines is 4. The van der Waals surface area contributed by atoms with E-state index >= 15 is 0 Å². The van der Waals surface area contributed by atoms with E-state index in [4.69, 9.17) is 0 Å². The van der Waals surface area contributed by atoms with E-state index in [9.17, 15) is 0 Å². The zero-order chi connectivity index (χ0) is 35.4. The molecular formula is C48H41BN2S. The van der Waals surface area contributed by atoms with Crippen LogP contribution in [0.4, 0.5) is 22.7 Å². The van der Waals surface area contributed by atoms with Crippen molar-refractivity contribution in [3.05, 3.63) is 184 Å². The predicted molar refractivity (Wildman–Crippen MR) is 222 cm³/mol. The molecule has 3 heterocycles. The van der Waals surface area contributed by atoms with E-state index in [-0.39, 0.29) is 17.5 Å². The molecule has 10 rings (SSSR count). The molecule has 4 heteroatoms. The molecule has 6 aromatic rings. The van der Waals surface area contributed by atoms with Crippen molar-refractivity contribution in [1.82, 2.24) is 0 Å². The first kappa shape index (κ1) is 31.5. The molecule has 1 N–H and O–H groups in total. The lowest BCUT2D eigenvalue weighted by Crippen LogP contribution is -2.38. The van der Waals surface area contributed by atoms with E-state index in [2.05, 4.69) is 184 Å². The topological polar surface area (TPSA) is 15.3 Å². The molecule has 0 atom stereocenters. The Hall–Kier alpha value is -5.19. The minimum absolute atomic E-state index is 0.117. The summed E-state index contributed by atoms with van der Waals surface area (Å²) in [6.07, 6.45) is 3.34. The first-order valence-electron chi connectivity index (χ1n) is 18.6. The van der Waals surface area contributed by atoms with Crippen molar-refractivity contribution in [2.75, 3.05) is 10.2 Å². The lowest BCUT2D eigenvalue weighted by Gasteiger charge is -2.43. The highest BCUT2D eigenvalue weighted by Crippen LogP contribution is 2.55. The third-order valence-corrected chi connectivity index (χ3v) is 13.3. The normalized spacial score (nSPS) is 17.1. The number of benzene rings is 6. The summed E-state index contributed by atoms with van der Waals surface area (Å²) in [6.45, 7) is 12.2. The summed E-state index contributed by atoms with van der Waals surface area (Å²) >= 11 is 1.92. The highest BCUT2D eigenvalue weighted by Gasteiger charge is 2.43. The molecule has 6 aromatic carbocycles. The average Bonchev–Trinajstić information content (AvgIpc) is 3.39. The van der Waals surface area contributed by atoms with Crippen molar-refractivity contribution in [1.29, 1.82) is 0 Å². The van der Waals surface area contributed by atoms with Gasteiger partial charge in [-0.05, 0) is 81.4 Å². The van der Waals surface area contributed by atoms with Gasteiger partial charge in [-0.25, -0.2) is 0 Å². The zero-order valence-electron chi connectivity index (χ0n) is 30.4. The van der Waals surface area contributed by atoms with Gasteiger partial charge in [-0.1, -0.05) is 154 Å². The van der Waals surface area contributed by atoms with Crippen molar-refractivity contribution >= 4 is 58.3 Å². The van der Waals surface area contributed by atoms with Crippen LogP contribution in [0.5, 0.6) is 0 Å². The monoisotopic (exact) mass is 688 g/mol. The molecule has 2 bridgehead atoms. The molecule has 0 unspecified atom stereocenters. The number of allylic oxidation sites excluding steroid dienone is 1. The number of hydrogen-bond donors (Lipinski definition) is 1. The molecule has 0 spiro atoms. The molecule has 0 aromatic heterocycles. The van der Waals surface area contributed by atoms with E-state index < -0.39 is 0 Å². The Kier molecular flexibility index (Phi) is 6.92. The van der Waals surface area contributed by atoms with Crippen LogP contribution in [0.1, 0.15) is 73.1 Å². The van der Waals surface area contributed by atoms with Crippen molar-refractivity contribution in [2.45, 2.75) is 61.6 Å². The second-order valence-electron chi connectivity index (χ2n) is 15.9. The van der Waals surface area contributed by atoms with Gasteiger partial charge in [0.05, 0.1) is 0 Å².